The number of aliphatic hydroxyl groups excluding tert-OH is 1. The van der Waals surface area contributed by atoms with E-state index in [1.54, 1.807) is 6.07 Å². The Bertz CT molecular complexity index is 1080. The predicted octanol–water partition coefficient (Wildman–Crippen LogP) is 1.14. The van der Waals surface area contributed by atoms with Gasteiger partial charge in [0.1, 0.15) is 0 Å². The summed E-state index contributed by atoms with van der Waals surface area (Å²) < 4.78 is 24.2. The van der Waals surface area contributed by atoms with Crippen LogP contribution in [0.1, 0.15) is 18.4 Å². The second kappa shape index (κ2) is 7.99. The highest BCUT2D eigenvalue weighted by molar-refractivity contribution is 7.89. The maximum absolute atomic E-state index is 12.1. The highest BCUT2D eigenvalue weighted by Gasteiger charge is 2.22. The zero-order chi connectivity index (χ0) is 20.4. The molecule has 29 heavy (non-hydrogen) atoms. The maximum Gasteiger partial charge on any atom is 0.238 e. The SMILES string of the molecule is NS(=O)(=O)c1cccc(-c2ccc(CN3CCC(O)CC3)cc2)c1-c1nnn[nH]1. The quantitative estimate of drug-likeness (QED) is 0.569. The number of H-pyrrole nitrogens is 1. The lowest BCUT2D eigenvalue weighted by Gasteiger charge is -2.29. The smallest absolute Gasteiger partial charge is 0.238 e. The molecule has 4 rings (SSSR count). The molecule has 4 N–H and O–H groups in total. The topological polar surface area (TPSA) is 138 Å². The molecule has 3 aromatic rings. The molecule has 0 unspecified atom stereocenters. The number of nitrogens with one attached hydrogen (secondary N) is 1. The second-order valence-electron chi connectivity index (χ2n) is 7.18. The molecule has 0 saturated carbocycles. The van der Waals surface area contributed by atoms with Crippen molar-refractivity contribution < 1.29 is 13.5 Å². The Balaban J connectivity index is 1.67. The summed E-state index contributed by atoms with van der Waals surface area (Å²) >= 11 is 0. The third-order valence-corrected chi connectivity index (χ3v) is 6.10. The fourth-order valence-electron chi connectivity index (χ4n) is 3.64. The third kappa shape index (κ3) is 4.35. The van der Waals surface area contributed by atoms with Crippen molar-refractivity contribution in [2.24, 2.45) is 5.14 Å². The molecule has 1 aliphatic heterocycles. The Labute approximate surface area is 168 Å². The Morgan fingerprint density at radius 1 is 1.14 bits per heavy atom. The number of likely N-dealkylation sites (tertiary alicyclic amines) is 1. The lowest BCUT2D eigenvalue weighted by Crippen LogP contribution is -2.35. The van der Waals surface area contributed by atoms with Gasteiger partial charge < -0.3 is 5.11 Å². The predicted molar refractivity (Wildman–Crippen MR) is 107 cm³/mol. The summed E-state index contributed by atoms with van der Waals surface area (Å²) in [6.07, 6.45) is 1.41. The third-order valence-electron chi connectivity index (χ3n) is 5.14. The van der Waals surface area contributed by atoms with Gasteiger partial charge in [-0.25, -0.2) is 18.7 Å². The van der Waals surface area contributed by atoms with Gasteiger partial charge in [-0.2, -0.15) is 0 Å². The summed E-state index contributed by atoms with van der Waals surface area (Å²) in [5.41, 5.74) is 3.00. The summed E-state index contributed by atoms with van der Waals surface area (Å²) in [5, 5.41) is 28.7. The molecule has 1 fully saturated rings. The summed E-state index contributed by atoms with van der Waals surface area (Å²) in [7, 11) is -3.96. The molecule has 2 heterocycles. The Hall–Kier alpha value is -2.66. The number of piperidine rings is 1. The largest absolute Gasteiger partial charge is 0.393 e. The minimum absolute atomic E-state index is 0.0375. The molecule has 2 aromatic carbocycles. The van der Waals surface area contributed by atoms with E-state index >= 15 is 0 Å². The van der Waals surface area contributed by atoms with Crippen molar-refractivity contribution in [2.75, 3.05) is 13.1 Å². The summed E-state index contributed by atoms with van der Waals surface area (Å²) in [4.78, 5) is 2.28. The van der Waals surface area contributed by atoms with Crippen molar-refractivity contribution in [3.05, 3.63) is 48.0 Å². The van der Waals surface area contributed by atoms with Gasteiger partial charge >= 0.3 is 0 Å². The van der Waals surface area contributed by atoms with E-state index in [2.05, 4.69) is 25.5 Å². The van der Waals surface area contributed by atoms with Crippen LogP contribution in [0.5, 0.6) is 0 Å². The van der Waals surface area contributed by atoms with Gasteiger partial charge in [0.15, 0.2) is 5.82 Å². The molecule has 0 amide bonds. The van der Waals surface area contributed by atoms with E-state index in [0.29, 0.717) is 11.1 Å². The van der Waals surface area contributed by atoms with E-state index in [1.165, 1.54) is 6.07 Å². The van der Waals surface area contributed by atoms with Crippen LogP contribution in [0.25, 0.3) is 22.5 Å². The van der Waals surface area contributed by atoms with Gasteiger partial charge in [0.25, 0.3) is 0 Å². The van der Waals surface area contributed by atoms with Crippen LogP contribution in [-0.4, -0.2) is 58.2 Å². The highest BCUT2D eigenvalue weighted by Crippen LogP contribution is 2.35. The minimum Gasteiger partial charge on any atom is -0.393 e. The lowest BCUT2D eigenvalue weighted by molar-refractivity contribution is 0.0792. The number of nitrogens with two attached hydrogens (primary N) is 1. The number of hydrogen-bond acceptors (Lipinski definition) is 7. The molecule has 1 saturated heterocycles. The number of nitrogens with zero attached hydrogens (tertiary/aromatic N) is 4. The van der Waals surface area contributed by atoms with Crippen LogP contribution in [-0.2, 0) is 16.6 Å². The van der Waals surface area contributed by atoms with E-state index in [1.807, 2.05) is 30.3 Å². The van der Waals surface area contributed by atoms with Crippen molar-refractivity contribution >= 4 is 10.0 Å². The number of hydrogen-bond donors (Lipinski definition) is 3. The monoisotopic (exact) mass is 414 g/mol. The van der Waals surface area contributed by atoms with Gasteiger partial charge in [-0.3, -0.25) is 4.90 Å². The van der Waals surface area contributed by atoms with Crippen molar-refractivity contribution in [3.8, 4) is 22.5 Å². The average Bonchev–Trinajstić information content (AvgIpc) is 3.24. The molecule has 9 nitrogen and oxygen atoms in total. The van der Waals surface area contributed by atoms with Gasteiger partial charge in [-0.1, -0.05) is 36.4 Å². The van der Waals surface area contributed by atoms with E-state index in [0.717, 1.165) is 43.6 Å². The van der Waals surface area contributed by atoms with Gasteiger partial charge in [0.05, 0.1) is 11.0 Å². The van der Waals surface area contributed by atoms with Crippen LogP contribution in [0.2, 0.25) is 0 Å². The van der Waals surface area contributed by atoms with Gasteiger partial charge in [-0.15, -0.1) is 5.10 Å². The molecule has 0 aliphatic carbocycles. The molecule has 1 aliphatic rings. The van der Waals surface area contributed by atoms with Crippen LogP contribution < -0.4 is 5.14 Å². The molecule has 0 atom stereocenters. The molecule has 0 bridgehead atoms. The van der Waals surface area contributed by atoms with E-state index in [-0.39, 0.29) is 16.8 Å². The van der Waals surface area contributed by atoms with Crippen LogP contribution in [0.3, 0.4) is 0 Å². The van der Waals surface area contributed by atoms with Crippen molar-refractivity contribution in [3.63, 3.8) is 0 Å². The van der Waals surface area contributed by atoms with Crippen LogP contribution in [0.4, 0.5) is 0 Å². The van der Waals surface area contributed by atoms with Crippen LogP contribution >= 0.6 is 0 Å². The van der Waals surface area contributed by atoms with E-state index < -0.39 is 10.0 Å². The Kier molecular flexibility index (Phi) is 5.41. The normalized spacial score (nSPS) is 16.2. The molecular formula is C19H22N6O3S. The zero-order valence-corrected chi connectivity index (χ0v) is 16.5. The number of sulfonamides is 1. The van der Waals surface area contributed by atoms with E-state index in [4.69, 9.17) is 5.14 Å². The highest BCUT2D eigenvalue weighted by atomic mass is 32.2. The number of aromatic amines is 1. The number of primary sulfonamides is 1. The number of rotatable bonds is 5. The first kappa shape index (κ1) is 19.6. The van der Waals surface area contributed by atoms with Crippen LogP contribution in [0.15, 0.2) is 47.4 Å². The number of benzene rings is 2. The maximum atomic E-state index is 12.1. The zero-order valence-electron chi connectivity index (χ0n) is 15.7. The van der Waals surface area contributed by atoms with Gasteiger partial charge in [0, 0.05) is 25.2 Å². The second-order valence-corrected chi connectivity index (χ2v) is 8.71. The van der Waals surface area contributed by atoms with Gasteiger partial charge in [-0.05, 0) is 46.0 Å². The first-order valence-electron chi connectivity index (χ1n) is 9.31. The van der Waals surface area contributed by atoms with Crippen LogP contribution in [0, 0.1) is 0 Å². The van der Waals surface area contributed by atoms with Crippen molar-refractivity contribution in [1.29, 1.82) is 0 Å². The Morgan fingerprint density at radius 3 is 2.48 bits per heavy atom. The fraction of sp³-hybridized carbons (Fsp3) is 0.316. The molecular weight excluding hydrogens is 392 g/mol. The molecule has 0 radical (unpaired) electrons. The molecule has 152 valence electrons. The summed E-state index contributed by atoms with van der Waals surface area (Å²) in [6.45, 7) is 2.56. The first-order valence-corrected chi connectivity index (χ1v) is 10.9. The standard InChI is InChI=1S/C19H22N6O3S/c20-29(27,28)17-3-1-2-16(18(17)19-21-23-24-22-19)14-6-4-13(5-7-14)12-25-10-8-15(26)9-11-25/h1-7,15,26H,8-12H2,(H2,20,27,28)(H,21,22,23,24). The lowest BCUT2D eigenvalue weighted by atomic mass is 9.98. The summed E-state index contributed by atoms with van der Waals surface area (Å²) in [6, 6.07) is 12.8. The summed E-state index contributed by atoms with van der Waals surface area (Å²) in [5.74, 6) is 0.237. The molecule has 1 aromatic heterocycles. The average molecular weight is 414 g/mol. The van der Waals surface area contributed by atoms with E-state index in [9.17, 15) is 13.5 Å². The number of tetrazole rings is 1. The fourth-order valence-corrected chi connectivity index (χ4v) is 4.40. The number of aliphatic hydroxyl groups is 1. The van der Waals surface area contributed by atoms with Crippen molar-refractivity contribution in [2.45, 2.75) is 30.4 Å². The van der Waals surface area contributed by atoms with Gasteiger partial charge in [0.2, 0.25) is 10.0 Å². The Morgan fingerprint density at radius 2 is 1.86 bits per heavy atom. The minimum atomic E-state index is -3.96. The van der Waals surface area contributed by atoms with Crippen molar-refractivity contribution in [1.82, 2.24) is 25.5 Å². The number of aromatic nitrogens is 4. The molecule has 10 heteroatoms. The first-order chi connectivity index (χ1) is 13.9. The molecule has 0 spiro atoms.